The number of nitrogens with one attached hydrogen (secondary N) is 1. The minimum absolute atomic E-state index is 0.118. The molecule has 0 fully saturated rings. The number of aryl methyl sites for hydroxylation is 1. The van der Waals surface area contributed by atoms with Gasteiger partial charge in [-0.1, -0.05) is 17.7 Å². The average Bonchev–Trinajstić information content (AvgIpc) is 3.06. The second-order valence-electron chi connectivity index (χ2n) is 6.24. The molecule has 4 rings (SSSR count). The topological polar surface area (TPSA) is 61.9 Å². The number of halogens is 2. The van der Waals surface area contributed by atoms with Gasteiger partial charge < -0.3 is 9.88 Å². The van der Waals surface area contributed by atoms with Crippen molar-refractivity contribution in [3.8, 4) is 0 Å². The number of benzene rings is 1. The van der Waals surface area contributed by atoms with Crippen molar-refractivity contribution in [3.63, 3.8) is 0 Å². The van der Waals surface area contributed by atoms with Crippen LogP contribution in [0.5, 0.6) is 0 Å². The molecule has 1 aliphatic rings. The van der Waals surface area contributed by atoms with Gasteiger partial charge in [0.05, 0.1) is 11.6 Å². The van der Waals surface area contributed by atoms with E-state index in [9.17, 15) is 9.18 Å². The van der Waals surface area contributed by atoms with Crippen LogP contribution in [0.15, 0.2) is 24.4 Å². The number of amides is 1. The number of carbonyl (C=O) groups excluding carboxylic acids is 1. The Morgan fingerprint density at radius 1 is 1.48 bits per heavy atom. The van der Waals surface area contributed by atoms with Gasteiger partial charge in [-0.25, -0.2) is 9.37 Å². The minimum atomic E-state index is -0.540. The molecular formula is C18H16ClFN4O. The van der Waals surface area contributed by atoms with E-state index in [2.05, 4.69) is 15.0 Å². The first-order valence-corrected chi connectivity index (χ1v) is 8.44. The summed E-state index contributed by atoms with van der Waals surface area (Å²) in [6.45, 7) is 4.27. The molecule has 1 atom stereocenters. The number of aromatic amines is 1. The molecule has 5 nitrogen and oxygen atoms in total. The lowest BCUT2D eigenvalue weighted by molar-refractivity contribution is 0.0665. The predicted octanol–water partition coefficient (Wildman–Crippen LogP) is 3.82. The highest BCUT2D eigenvalue weighted by molar-refractivity contribution is 6.32. The number of aromatic nitrogens is 3. The molecule has 1 aromatic carbocycles. The van der Waals surface area contributed by atoms with E-state index in [1.165, 1.54) is 6.07 Å². The Bertz CT molecular complexity index is 1000. The lowest BCUT2D eigenvalue weighted by Crippen LogP contribution is -2.39. The Kier molecular flexibility index (Phi) is 3.72. The monoisotopic (exact) mass is 358 g/mol. The van der Waals surface area contributed by atoms with E-state index in [1.54, 1.807) is 18.0 Å². The second-order valence-corrected chi connectivity index (χ2v) is 6.65. The number of H-pyrrole nitrogens is 1. The van der Waals surface area contributed by atoms with E-state index in [0.717, 1.165) is 11.3 Å². The molecule has 0 saturated carbocycles. The summed E-state index contributed by atoms with van der Waals surface area (Å²) in [7, 11) is 0. The molecule has 1 aliphatic heterocycles. The Hall–Kier alpha value is -2.47. The van der Waals surface area contributed by atoms with Gasteiger partial charge in [-0.05, 0) is 37.1 Å². The van der Waals surface area contributed by atoms with Gasteiger partial charge in [0.25, 0.3) is 5.91 Å². The molecule has 0 bridgehead atoms. The lowest BCUT2D eigenvalue weighted by atomic mass is 9.98. The zero-order chi connectivity index (χ0) is 17.7. The molecule has 25 heavy (non-hydrogen) atoms. The quantitative estimate of drug-likeness (QED) is 0.719. The fourth-order valence-electron chi connectivity index (χ4n) is 3.37. The molecule has 0 radical (unpaired) electrons. The maximum absolute atomic E-state index is 14.1. The van der Waals surface area contributed by atoms with Crippen molar-refractivity contribution in [3.05, 3.63) is 57.9 Å². The first-order valence-electron chi connectivity index (χ1n) is 8.06. The van der Waals surface area contributed by atoms with E-state index in [4.69, 9.17) is 11.6 Å². The fraction of sp³-hybridized carbons (Fsp3) is 0.278. The van der Waals surface area contributed by atoms with Gasteiger partial charge in [0.15, 0.2) is 11.6 Å². The van der Waals surface area contributed by atoms with Crippen molar-refractivity contribution in [2.45, 2.75) is 26.3 Å². The maximum atomic E-state index is 14.1. The zero-order valence-corrected chi connectivity index (χ0v) is 14.6. The summed E-state index contributed by atoms with van der Waals surface area (Å²) in [5, 5.41) is 0.305. The zero-order valence-electron chi connectivity index (χ0n) is 13.8. The second kappa shape index (κ2) is 5.81. The predicted molar refractivity (Wildman–Crippen MR) is 93.2 cm³/mol. The molecule has 1 amide bonds. The summed E-state index contributed by atoms with van der Waals surface area (Å²) < 4.78 is 14.1. The Balaban J connectivity index is 1.74. The number of pyridine rings is 1. The van der Waals surface area contributed by atoms with Gasteiger partial charge in [0, 0.05) is 29.9 Å². The number of imidazole rings is 1. The highest BCUT2D eigenvalue weighted by atomic mass is 35.5. The van der Waals surface area contributed by atoms with Crippen molar-refractivity contribution in [2.24, 2.45) is 0 Å². The van der Waals surface area contributed by atoms with Gasteiger partial charge in [0.1, 0.15) is 5.52 Å². The molecule has 3 heterocycles. The van der Waals surface area contributed by atoms with Crippen LogP contribution in [0, 0.1) is 12.7 Å². The largest absolute Gasteiger partial charge is 0.333 e. The van der Waals surface area contributed by atoms with Crippen LogP contribution in [0.2, 0.25) is 5.02 Å². The summed E-state index contributed by atoms with van der Waals surface area (Å²) in [4.78, 5) is 26.2. The minimum Gasteiger partial charge on any atom is -0.333 e. The first-order chi connectivity index (χ1) is 12.0. The van der Waals surface area contributed by atoms with Crippen LogP contribution >= 0.6 is 11.6 Å². The van der Waals surface area contributed by atoms with Crippen molar-refractivity contribution in [2.75, 3.05) is 6.54 Å². The molecule has 0 unspecified atom stereocenters. The van der Waals surface area contributed by atoms with E-state index < -0.39 is 5.82 Å². The number of hydrogen-bond donors (Lipinski definition) is 1. The maximum Gasteiger partial charge on any atom is 0.290 e. The van der Waals surface area contributed by atoms with Crippen LogP contribution in [-0.4, -0.2) is 32.3 Å². The Labute approximate surface area is 148 Å². The van der Waals surface area contributed by atoms with Crippen LogP contribution in [0.25, 0.3) is 11.0 Å². The van der Waals surface area contributed by atoms with Gasteiger partial charge in [-0.2, -0.15) is 0 Å². The third-order valence-corrected chi connectivity index (χ3v) is 5.21. The van der Waals surface area contributed by atoms with Gasteiger partial charge in [0.2, 0.25) is 0 Å². The number of nitrogens with zero attached hydrogens (tertiary/aromatic N) is 3. The van der Waals surface area contributed by atoms with Crippen LogP contribution in [0.3, 0.4) is 0 Å². The Morgan fingerprint density at radius 3 is 3.08 bits per heavy atom. The summed E-state index contributed by atoms with van der Waals surface area (Å²) in [6.07, 6.45) is 2.45. The number of fused-ring (bicyclic) bond motifs is 2. The van der Waals surface area contributed by atoms with Gasteiger partial charge >= 0.3 is 0 Å². The standard InChI is InChI=1S/C18H16ClFN4O/c1-9-12(19)8-13(20)16-15(9)22-17(23-16)18(25)24-7-5-14-11(10(24)2)4-3-6-21-14/h3-4,6,8,10H,5,7H2,1-2H3,(H,22,23)/t10-/m1/s1. The third-order valence-electron chi connectivity index (χ3n) is 4.81. The highest BCUT2D eigenvalue weighted by Crippen LogP contribution is 2.30. The van der Waals surface area contributed by atoms with E-state index >= 15 is 0 Å². The fourth-order valence-corrected chi connectivity index (χ4v) is 3.56. The summed E-state index contributed by atoms with van der Waals surface area (Å²) in [6, 6.07) is 4.95. The molecule has 1 N–H and O–H groups in total. The lowest BCUT2D eigenvalue weighted by Gasteiger charge is -2.34. The van der Waals surface area contributed by atoms with Crippen molar-refractivity contribution in [1.82, 2.24) is 19.9 Å². The normalized spacial score (nSPS) is 17.0. The summed E-state index contributed by atoms with van der Waals surface area (Å²) in [5.74, 6) is -0.672. The number of rotatable bonds is 1. The molecule has 3 aromatic rings. The van der Waals surface area contributed by atoms with Crippen LogP contribution in [-0.2, 0) is 6.42 Å². The molecule has 128 valence electrons. The van der Waals surface area contributed by atoms with Crippen LogP contribution < -0.4 is 0 Å². The van der Waals surface area contributed by atoms with E-state index in [1.807, 2.05) is 19.1 Å². The Morgan fingerprint density at radius 2 is 2.28 bits per heavy atom. The molecule has 0 aliphatic carbocycles. The molecule has 0 spiro atoms. The van der Waals surface area contributed by atoms with Crippen LogP contribution in [0.1, 0.15) is 40.4 Å². The number of carbonyl (C=O) groups is 1. The van der Waals surface area contributed by atoms with E-state index in [0.29, 0.717) is 29.1 Å². The van der Waals surface area contributed by atoms with E-state index in [-0.39, 0.29) is 23.3 Å². The van der Waals surface area contributed by atoms with Crippen LogP contribution in [0.4, 0.5) is 4.39 Å². The molecule has 0 saturated heterocycles. The SMILES string of the molecule is Cc1c(Cl)cc(F)c2nc(C(=O)N3CCc4ncccc4[C@H]3C)[nH]c12. The number of hydrogen-bond acceptors (Lipinski definition) is 3. The van der Waals surface area contributed by atoms with Gasteiger partial charge in [-0.3, -0.25) is 9.78 Å². The average molecular weight is 359 g/mol. The van der Waals surface area contributed by atoms with Crippen molar-refractivity contribution in [1.29, 1.82) is 0 Å². The highest BCUT2D eigenvalue weighted by Gasteiger charge is 2.30. The van der Waals surface area contributed by atoms with Crippen molar-refractivity contribution >= 4 is 28.5 Å². The summed E-state index contributed by atoms with van der Waals surface area (Å²) in [5.41, 5.74) is 3.31. The smallest absolute Gasteiger partial charge is 0.290 e. The molecule has 2 aromatic heterocycles. The molecule has 7 heteroatoms. The third kappa shape index (κ3) is 2.48. The van der Waals surface area contributed by atoms with Gasteiger partial charge in [-0.15, -0.1) is 0 Å². The van der Waals surface area contributed by atoms with Crippen molar-refractivity contribution < 1.29 is 9.18 Å². The summed E-state index contributed by atoms with van der Waals surface area (Å²) >= 11 is 6.02. The molecular weight excluding hydrogens is 343 g/mol. The first kappa shape index (κ1) is 16.0.